The summed E-state index contributed by atoms with van der Waals surface area (Å²) < 4.78 is 16.0. The fourth-order valence-electron chi connectivity index (χ4n) is 2.01. The highest BCUT2D eigenvalue weighted by molar-refractivity contribution is 6.09. The van der Waals surface area contributed by atoms with E-state index in [0.29, 0.717) is 28.3 Å². The fourth-order valence-corrected chi connectivity index (χ4v) is 2.01. The maximum atomic E-state index is 7.60. The molecule has 1 aromatic carbocycles. The number of fused-ring (bicyclic) bond motifs is 1. The van der Waals surface area contributed by atoms with E-state index < -0.39 is 0 Å². The summed E-state index contributed by atoms with van der Waals surface area (Å²) in [6.07, 6.45) is 1.59. The number of hydrogen-bond donors (Lipinski definition) is 2. The Balaban J connectivity index is 2.94. The minimum atomic E-state index is -0.129. The first-order valence-corrected chi connectivity index (χ1v) is 5.56. The molecule has 100 valence electrons. The molecule has 0 fully saturated rings. The molecule has 0 amide bonds. The van der Waals surface area contributed by atoms with Crippen LogP contribution >= 0.6 is 0 Å². The lowest BCUT2D eigenvalue weighted by Crippen LogP contribution is -2.14. The topological polar surface area (TPSA) is 90.5 Å². The van der Waals surface area contributed by atoms with Crippen molar-refractivity contribution in [3.8, 4) is 17.2 Å². The zero-order chi connectivity index (χ0) is 14.0. The molecule has 6 nitrogen and oxygen atoms in total. The summed E-state index contributed by atoms with van der Waals surface area (Å²) in [6, 6.07) is 3.59. The van der Waals surface area contributed by atoms with Crippen LogP contribution < -0.4 is 19.9 Å². The molecule has 0 saturated heterocycles. The Labute approximate surface area is 110 Å². The van der Waals surface area contributed by atoms with Crippen molar-refractivity contribution in [1.29, 1.82) is 5.41 Å². The predicted molar refractivity (Wildman–Crippen MR) is 72.4 cm³/mol. The second-order valence-electron chi connectivity index (χ2n) is 3.82. The van der Waals surface area contributed by atoms with Crippen molar-refractivity contribution in [3.05, 3.63) is 24.0 Å². The van der Waals surface area contributed by atoms with E-state index in [1.54, 1.807) is 25.4 Å². The average Bonchev–Trinajstić information content (AvgIpc) is 2.43. The number of nitrogens with two attached hydrogens (primary N) is 1. The third-order valence-electron chi connectivity index (χ3n) is 2.81. The molecule has 0 unspecified atom stereocenters. The summed E-state index contributed by atoms with van der Waals surface area (Å²) >= 11 is 0. The van der Waals surface area contributed by atoms with Crippen molar-refractivity contribution in [2.24, 2.45) is 5.73 Å². The van der Waals surface area contributed by atoms with E-state index in [1.807, 2.05) is 0 Å². The Bertz CT molecular complexity index is 641. The van der Waals surface area contributed by atoms with E-state index in [-0.39, 0.29) is 5.84 Å². The Kier molecular flexibility index (Phi) is 3.41. The Hall–Kier alpha value is -2.50. The van der Waals surface area contributed by atoms with E-state index >= 15 is 0 Å². The third-order valence-corrected chi connectivity index (χ3v) is 2.81. The molecule has 0 saturated carbocycles. The van der Waals surface area contributed by atoms with Crippen molar-refractivity contribution < 1.29 is 14.2 Å². The van der Waals surface area contributed by atoms with Gasteiger partial charge in [-0.05, 0) is 17.5 Å². The normalized spacial score (nSPS) is 10.3. The number of rotatable bonds is 4. The number of hydrogen-bond acceptors (Lipinski definition) is 5. The van der Waals surface area contributed by atoms with Crippen LogP contribution in [0, 0.1) is 5.41 Å². The highest BCUT2D eigenvalue weighted by atomic mass is 16.5. The van der Waals surface area contributed by atoms with Crippen molar-refractivity contribution in [2.75, 3.05) is 21.3 Å². The summed E-state index contributed by atoms with van der Waals surface area (Å²) in [5, 5.41) is 9.05. The summed E-state index contributed by atoms with van der Waals surface area (Å²) in [5.41, 5.74) is 5.92. The molecule has 6 heteroatoms. The Morgan fingerprint density at radius 3 is 2.37 bits per heavy atom. The van der Waals surface area contributed by atoms with Gasteiger partial charge < -0.3 is 19.9 Å². The highest BCUT2D eigenvalue weighted by Gasteiger charge is 2.19. The number of benzene rings is 1. The molecule has 0 spiro atoms. The first-order valence-electron chi connectivity index (χ1n) is 5.56. The molecule has 0 aliphatic heterocycles. The minimum Gasteiger partial charge on any atom is -0.493 e. The van der Waals surface area contributed by atoms with Crippen molar-refractivity contribution in [3.63, 3.8) is 0 Å². The van der Waals surface area contributed by atoms with E-state index in [1.165, 1.54) is 14.2 Å². The second-order valence-corrected chi connectivity index (χ2v) is 3.82. The lowest BCUT2D eigenvalue weighted by molar-refractivity contribution is 0.327. The molecule has 2 rings (SSSR count). The highest BCUT2D eigenvalue weighted by Crippen LogP contribution is 2.43. The van der Waals surface area contributed by atoms with Crippen LogP contribution in [0.25, 0.3) is 10.8 Å². The molecule has 0 atom stereocenters. The maximum Gasteiger partial charge on any atom is 0.204 e. The first-order chi connectivity index (χ1) is 9.13. The van der Waals surface area contributed by atoms with Crippen LogP contribution in [0.15, 0.2) is 18.3 Å². The lowest BCUT2D eigenvalue weighted by Gasteiger charge is -2.16. The van der Waals surface area contributed by atoms with E-state index in [2.05, 4.69) is 4.98 Å². The zero-order valence-corrected chi connectivity index (χ0v) is 11.0. The number of methoxy groups -OCH3 is 3. The van der Waals surface area contributed by atoms with Gasteiger partial charge in [-0.15, -0.1) is 0 Å². The summed E-state index contributed by atoms with van der Waals surface area (Å²) in [4.78, 5) is 4.12. The van der Waals surface area contributed by atoms with E-state index in [0.717, 1.165) is 5.39 Å². The Morgan fingerprint density at radius 1 is 1.16 bits per heavy atom. The van der Waals surface area contributed by atoms with Crippen molar-refractivity contribution >= 4 is 16.6 Å². The van der Waals surface area contributed by atoms with Gasteiger partial charge in [-0.2, -0.15) is 0 Å². The van der Waals surface area contributed by atoms with Crippen LogP contribution in [0.2, 0.25) is 0 Å². The van der Waals surface area contributed by atoms with Crippen LogP contribution in [-0.2, 0) is 0 Å². The van der Waals surface area contributed by atoms with Crippen LogP contribution in [0.3, 0.4) is 0 Å². The van der Waals surface area contributed by atoms with Crippen molar-refractivity contribution in [1.82, 2.24) is 4.98 Å². The van der Waals surface area contributed by atoms with Crippen LogP contribution in [0.5, 0.6) is 17.2 Å². The second kappa shape index (κ2) is 5.01. The number of aromatic nitrogens is 1. The van der Waals surface area contributed by atoms with E-state index in [4.69, 9.17) is 25.4 Å². The van der Waals surface area contributed by atoms with Gasteiger partial charge in [0, 0.05) is 6.20 Å². The number of amidine groups is 1. The van der Waals surface area contributed by atoms with Gasteiger partial charge in [0.05, 0.1) is 26.7 Å². The maximum absolute atomic E-state index is 7.60. The number of nitrogens with zero attached hydrogens (tertiary/aromatic N) is 1. The molecule has 1 aromatic heterocycles. The van der Waals surface area contributed by atoms with Gasteiger partial charge in [0.1, 0.15) is 11.5 Å². The SMILES string of the molecule is COc1cc2ccnc(C(=N)N)c2c(OC)c1OC. The molecule has 19 heavy (non-hydrogen) atoms. The average molecular weight is 261 g/mol. The molecule has 2 aromatic rings. The van der Waals surface area contributed by atoms with Gasteiger partial charge in [0.2, 0.25) is 5.75 Å². The number of pyridine rings is 1. The van der Waals surface area contributed by atoms with Crippen molar-refractivity contribution in [2.45, 2.75) is 0 Å². The largest absolute Gasteiger partial charge is 0.493 e. The molecule has 3 N–H and O–H groups in total. The summed E-state index contributed by atoms with van der Waals surface area (Å²) in [7, 11) is 4.60. The molecule has 1 heterocycles. The number of ether oxygens (including phenoxy) is 3. The van der Waals surface area contributed by atoms with Gasteiger partial charge >= 0.3 is 0 Å². The number of nitrogens with one attached hydrogen (secondary N) is 1. The zero-order valence-electron chi connectivity index (χ0n) is 11.0. The number of nitrogen functional groups attached to an aromatic ring is 1. The molecule has 0 aliphatic rings. The minimum absolute atomic E-state index is 0.129. The van der Waals surface area contributed by atoms with E-state index in [9.17, 15) is 0 Å². The Morgan fingerprint density at radius 2 is 1.84 bits per heavy atom. The quantitative estimate of drug-likeness (QED) is 0.643. The van der Waals surface area contributed by atoms with Gasteiger partial charge in [-0.3, -0.25) is 10.4 Å². The molecule has 0 aliphatic carbocycles. The van der Waals surface area contributed by atoms with Gasteiger partial charge in [0.25, 0.3) is 0 Å². The lowest BCUT2D eigenvalue weighted by atomic mass is 10.1. The fraction of sp³-hybridized carbons (Fsp3) is 0.231. The van der Waals surface area contributed by atoms with Gasteiger partial charge in [0.15, 0.2) is 11.5 Å². The molecule has 0 bridgehead atoms. The van der Waals surface area contributed by atoms with Gasteiger partial charge in [-0.25, -0.2) is 0 Å². The smallest absolute Gasteiger partial charge is 0.204 e. The molecular formula is C13H15N3O3. The molecular weight excluding hydrogens is 246 g/mol. The predicted octanol–water partition coefficient (Wildman–Crippen LogP) is 1.54. The van der Waals surface area contributed by atoms with Crippen LogP contribution in [0.4, 0.5) is 0 Å². The van der Waals surface area contributed by atoms with Crippen LogP contribution in [0.1, 0.15) is 5.69 Å². The summed E-state index contributed by atoms with van der Waals surface area (Å²) in [5.74, 6) is 1.33. The monoisotopic (exact) mass is 261 g/mol. The first kappa shape index (κ1) is 12.9. The van der Waals surface area contributed by atoms with Crippen LogP contribution in [-0.4, -0.2) is 32.1 Å². The van der Waals surface area contributed by atoms with Gasteiger partial charge in [-0.1, -0.05) is 0 Å². The standard InChI is InChI=1S/C13H15N3O3/c1-17-8-6-7-4-5-16-10(13(14)15)9(7)12(19-3)11(8)18-2/h4-6H,1-3H3,(H3,14,15). The summed E-state index contributed by atoms with van der Waals surface area (Å²) in [6.45, 7) is 0. The third kappa shape index (κ3) is 2.01. The molecule has 0 radical (unpaired) electrons.